The molecule has 0 aromatic rings. The summed E-state index contributed by atoms with van der Waals surface area (Å²) in [6.45, 7) is 0.501. The van der Waals surface area contributed by atoms with Crippen molar-refractivity contribution in [1.29, 1.82) is 5.26 Å². The molecule has 4 saturated carbocycles. The maximum absolute atomic E-state index is 14.3. The molecule has 13 heteroatoms. The van der Waals surface area contributed by atoms with Gasteiger partial charge in [-0.05, 0) is 69.1 Å². The third-order valence-corrected chi connectivity index (χ3v) is 11.2. The first-order valence-corrected chi connectivity index (χ1v) is 14.9. The van der Waals surface area contributed by atoms with E-state index in [0.29, 0.717) is 50.0 Å². The Bertz CT molecular complexity index is 1150. The maximum atomic E-state index is 14.3. The fraction of sp³-hybridized carbons (Fsp3) is 0.741. The van der Waals surface area contributed by atoms with Crippen molar-refractivity contribution >= 4 is 35.4 Å². The molecule has 2 saturated heterocycles. The Hall–Kier alpha value is -2.75. The largest absolute Gasteiger partial charge is 0.471 e. The van der Waals surface area contributed by atoms with Crippen LogP contribution in [0.1, 0.15) is 51.4 Å². The molecule has 6 bridgehead atoms. The van der Waals surface area contributed by atoms with Crippen LogP contribution >= 0.6 is 11.8 Å². The van der Waals surface area contributed by atoms with Gasteiger partial charge in [0.1, 0.15) is 18.1 Å². The van der Waals surface area contributed by atoms with Gasteiger partial charge in [-0.1, -0.05) is 12.2 Å². The molecule has 216 valence electrons. The Morgan fingerprint density at radius 3 is 2.33 bits per heavy atom. The van der Waals surface area contributed by atoms with Crippen LogP contribution in [-0.2, 0) is 19.2 Å². The standard InChI is InChI=1S/C27H32F3N5O4S/c28-27(29,30)25(39)34-21(26-9-13-5-14(10-26)7-15(6-13)11-26)24(38)35-19-2-1-18(40-19)20(35)23(37)33-17(12-31)8-16-3-4-32-22(16)36/h1-2,13-21H,3-11H2,(H,32,36)(H,33,37)(H,34,39)/t13?,14?,15?,16-,17-,18+,19-,20-,21+,26?/m0/s1. The van der Waals surface area contributed by atoms with Gasteiger partial charge in [0, 0.05) is 17.9 Å². The summed E-state index contributed by atoms with van der Waals surface area (Å²) in [4.78, 5) is 53.4. The van der Waals surface area contributed by atoms with Crippen LogP contribution in [0.15, 0.2) is 12.2 Å². The minimum Gasteiger partial charge on any atom is -0.356 e. The van der Waals surface area contributed by atoms with Crippen molar-refractivity contribution in [3.63, 3.8) is 0 Å². The molecule has 0 aromatic carbocycles. The van der Waals surface area contributed by atoms with Gasteiger partial charge in [0.25, 0.3) is 0 Å². The van der Waals surface area contributed by atoms with Crippen molar-refractivity contribution in [2.24, 2.45) is 29.1 Å². The Balaban J connectivity index is 1.26. The predicted molar refractivity (Wildman–Crippen MR) is 137 cm³/mol. The average molecular weight is 580 g/mol. The molecule has 40 heavy (non-hydrogen) atoms. The van der Waals surface area contributed by atoms with Gasteiger partial charge in [0.2, 0.25) is 17.7 Å². The number of nitrogens with one attached hydrogen (secondary N) is 3. The number of carbonyl (C=O) groups is 4. The van der Waals surface area contributed by atoms with E-state index in [1.165, 1.54) is 16.7 Å². The van der Waals surface area contributed by atoms with E-state index in [1.54, 1.807) is 12.2 Å². The minimum absolute atomic E-state index is 0.128. The number of amides is 4. The molecule has 7 aliphatic rings. The lowest BCUT2D eigenvalue weighted by atomic mass is 9.47. The molecule has 6 atom stereocenters. The number of fused-ring (bicyclic) bond motifs is 2. The highest BCUT2D eigenvalue weighted by Gasteiger charge is 2.60. The summed E-state index contributed by atoms with van der Waals surface area (Å²) in [5, 5.41) is 16.2. The topological polar surface area (TPSA) is 131 Å². The first kappa shape index (κ1) is 27.4. The molecule has 4 amide bonds. The molecule has 3 heterocycles. The molecule has 0 radical (unpaired) electrons. The van der Waals surface area contributed by atoms with E-state index in [4.69, 9.17) is 0 Å². The summed E-state index contributed by atoms with van der Waals surface area (Å²) < 4.78 is 40.4. The molecule has 3 aliphatic heterocycles. The number of nitriles is 1. The number of hydrogen-bond acceptors (Lipinski definition) is 6. The van der Waals surface area contributed by atoms with E-state index < -0.39 is 64.0 Å². The maximum Gasteiger partial charge on any atom is 0.471 e. The number of nitrogens with zero attached hydrogens (tertiary/aromatic N) is 2. The SMILES string of the molecule is N#C[C@H](C[C@@H]1CCNC1=O)NC(=O)[C@@H]1[C@H]2C=C[C@H](S2)N1C(=O)[C@@H](NC(=O)C(F)(F)F)C12CC3CC(CC(C3)C1)C2. The van der Waals surface area contributed by atoms with Crippen molar-refractivity contribution in [2.45, 2.75) is 86.3 Å². The van der Waals surface area contributed by atoms with E-state index in [1.807, 2.05) is 6.07 Å². The summed E-state index contributed by atoms with van der Waals surface area (Å²) in [6.07, 6.45) is 3.81. The van der Waals surface area contributed by atoms with Crippen LogP contribution in [-0.4, -0.2) is 70.0 Å². The predicted octanol–water partition coefficient (Wildman–Crippen LogP) is 1.99. The zero-order chi connectivity index (χ0) is 28.4. The minimum atomic E-state index is -5.15. The van der Waals surface area contributed by atoms with Crippen LogP contribution in [0.4, 0.5) is 13.2 Å². The monoisotopic (exact) mass is 579 g/mol. The lowest BCUT2D eigenvalue weighted by Crippen LogP contribution is -2.66. The van der Waals surface area contributed by atoms with Gasteiger partial charge >= 0.3 is 12.1 Å². The zero-order valence-electron chi connectivity index (χ0n) is 21.8. The van der Waals surface area contributed by atoms with Gasteiger partial charge in [-0.2, -0.15) is 18.4 Å². The third-order valence-electron chi connectivity index (χ3n) is 9.80. The average Bonchev–Trinajstić information content (AvgIpc) is 3.61. The second-order valence-electron chi connectivity index (χ2n) is 12.5. The van der Waals surface area contributed by atoms with Gasteiger partial charge in [0.15, 0.2) is 0 Å². The summed E-state index contributed by atoms with van der Waals surface area (Å²) in [5.41, 5.74) is -0.783. The summed E-state index contributed by atoms with van der Waals surface area (Å²) >= 11 is 1.34. The lowest BCUT2D eigenvalue weighted by molar-refractivity contribution is -0.179. The van der Waals surface area contributed by atoms with Gasteiger partial charge in [0.05, 0.1) is 16.7 Å². The van der Waals surface area contributed by atoms with E-state index in [2.05, 4.69) is 16.0 Å². The third kappa shape index (κ3) is 4.76. The first-order chi connectivity index (χ1) is 19.0. The molecule has 0 unspecified atom stereocenters. The van der Waals surface area contributed by atoms with Crippen molar-refractivity contribution < 1.29 is 32.3 Å². The number of alkyl halides is 3. The summed E-state index contributed by atoms with van der Waals surface area (Å²) in [7, 11) is 0. The van der Waals surface area contributed by atoms with Gasteiger partial charge in [-0.15, -0.1) is 11.8 Å². The van der Waals surface area contributed by atoms with Crippen molar-refractivity contribution in [3.8, 4) is 6.07 Å². The molecule has 0 aromatic heterocycles. The highest BCUT2D eigenvalue weighted by molar-refractivity contribution is 8.01. The molecule has 6 fully saturated rings. The molecule has 4 aliphatic carbocycles. The Labute approximate surface area is 234 Å². The number of carbonyl (C=O) groups excluding carboxylic acids is 4. The molecular weight excluding hydrogens is 547 g/mol. The van der Waals surface area contributed by atoms with E-state index in [9.17, 15) is 37.6 Å². The molecule has 7 rings (SSSR count). The zero-order valence-corrected chi connectivity index (χ0v) is 22.6. The van der Waals surface area contributed by atoms with Crippen LogP contribution in [0.5, 0.6) is 0 Å². The highest BCUT2D eigenvalue weighted by Crippen LogP contribution is 2.62. The van der Waals surface area contributed by atoms with E-state index in [-0.39, 0.29) is 12.3 Å². The normalized spacial score (nSPS) is 38.6. The highest BCUT2D eigenvalue weighted by atomic mass is 32.2. The Morgan fingerprint density at radius 1 is 1.12 bits per heavy atom. The second kappa shape index (κ2) is 9.96. The van der Waals surface area contributed by atoms with E-state index >= 15 is 0 Å². The fourth-order valence-electron chi connectivity index (χ4n) is 8.57. The number of thioether (sulfide) groups is 1. The van der Waals surface area contributed by atoms with Crippen molar-refractivity contribution in [2.75, 3.05) is 6.54 Å². The van der Waals surface area contributed by atoms with Gasteiger partial charge in [-0.3, -0.25) is 19.2 Å². The van der Waals surface area contributed by atoms with E-state index in [0.717, 1.165) is 19.3 Å². The van der Waals surface area contributed by atoms with Crippen LogP contribution in [0.3, 0.4) is 0 Å². The molecule has 9 nitrogen and oxygen atoms in total. The second-order valence-corrected chi connectivity index (χ2v) is 13.8. The number of halogens is 3. The Morgan fingerprint density at radius 2 is 1.77 bits per heavy atom. The fourth-order valence-corrected chi connectivity index (χ4v) is 10.0. The molecule has 3 N–H and O–H groups in total. The van der Waals surface area contributed by atoms with Crippen molar-refractivity contribution in [1.82, 2.24) is 20.9 Å². The Kier molecular flexibility index (Phi) is 6.83. The molecule has 0 spiro atoms. The van der Waals surface area contributed by atoms with Crippen LogP contribution < -0.4 is 16.0 Å². The van der Waals surface area contributed by atoms with Crippen molar-refractivity contribution in [3.05, 3.63) is 12.2 Å². The van der Waals surface area contributed by atoms with Gasteiger partial charge in [-0.25, -0.2) is 0 Å². The smallest absolute Gasteiger partial charge is 0.356 e. The molecular formula is C27H32F3N5O4S. The van der Waals surface area contributed by atoms with Crippen LogP contribution in [0.25, 0.3) is 0 Å². The summed E-state index contributed by atoms with van der Waals surface area (Å²) in [6, 6.07) is -1.38. The van der Waals surface area contributed by atoms with Crippen LogP contribution in [0.2, 0.25) is 0 Å². The lowest BCUT2D eigenvalue weighted by Gasteiger charge is -2.59. The quantitative estimate of drug-likeness (QED) is 0.396. The summed E-state index contributed by atoms with van der Waals surface area (Å²) in [5.74, 6) is -3.04. The van der Waals surface area contributed by atoms with Gasteiger partial charge < -0.3 is 20.9 Å². The number of hydrogen-bond donors (Lipinski definition) is 3. The number of rotatable bonds is 7. The van der Waals surface area contributed by atoms with Crippen LogP contribution in [0, 0.1) is 40.4 Å². The first-order valence-electron chi connectivity index (χ1n) is 14.0.